The highest BCUT2D eigenvalue weighted by Gasteiger charge is 2.27. The van der Waals surface area contributed by atoms with E-state index in [1.807, 2.05) is 14.0 Å². The third kappa shape index (κ3) is 1.83. The molecule has 4 nitrogen and oxygen atoms in total. The highest BCUT2D eigenvalue weighted by molar-refractivity contribution is 5.76. The standard InChI is InChI=1S/C13H18N4/c1-8-16-11-4-3-9(5-12(11)17-8)13(14-2)10-6-15-7-10/h3-5,10,13-15H,6-7H2,1-2H3,(H,16,17). The Morgan fingerprint density at radius 3 is 2.88 bits per heavy atom. The predicted molar refractivity (Wildman–Crippen MR) is 69.0 cm³/mol. The molecule has 1 aromatic carbocycles. The van der Waals surface area contributed by atoms with Crippen LogP contribution in [-0.2, 0) is 0 Å². The van der Waals surface area contributed by atoms with Gasteiger partial charge in [-0.2, -0.15) is 0 Å². The van der Waals surface area contributed by atoms with Crippen LogP contribution in [0.4, 0.5) is 0 Å². The molecule has 3 rings (SSSR count). The Kier molecular flexibility index (Phi) is 2.61. The summed E-state index contributed by atoms with van der Waals surface area (Å²) in [4.78, 5) is 7.73. The zero-order valence-electron chi connectivity index (χ0n) is 10.2. The van der Waals surface area contributed by atoms with Gasteiger partial charge < -0.3 is 15.6 Å². The molecule has 1 saturated heterocycles. The van der Waals surface area contributed by atoms with Crippen molar-refractivity contribution >= 4 is 11.0 Å². The second-order valence-corrected chi connectivity index (χ2v) is 4.78. The molecule has 0 aliphatic carbocycles. The molecule has 4 heteroatoms. The number of nitrogens with zero attached hydrogens (tertiary/aromatic N) is 1. The maximum atomic E-state index is 4.43. The number of aryl methyl sites for hydroxylation is 1. The summed E-state index contributed by atoms with van der Waals surface area (Å²) < 4.78 is 0. The van der Waals surface area contributed by atoms with E-state index in [1.54, 1.807) is 0 Å². The molecule has 1 atom stereocenters. The summed E-state index contributed by atoms with van der Waals surface area (Å²) in [5, 5.41) is 6.74. The summed E-state index contributed by atoms with van der Waals surface area (Å²) in [6, 6.07) is 6.94. The van der Waals surface area contributed by atoms with Crippen LogP contribution in [0.1, 0.15) is 17.4 Å². The lowest BCUT2D eigenvalue weighted by atomic mass is 9.88. The summed E-state index contributed by atoms with van der Waals surface area (Å²) in [6.45, 7) is 4.20. The van der Waals surface area contributed by atoms with Crippen LogP contribution in [0.15, 0.2) is 18.2 Å². The number of hydrogen-bond acceptors (Lipinski definition) is 3. The number of fused-ring (bicyclic) bond motifs is 1. The Morgan fingerprint density at radius 2 is 2.24 bits per heavy atom. The number of H-pyrrole nitrogens is 1. The third-order valence-electron chi connectivity index (χ3n) is 3.58. The summed E-state index contributed by atoms with van der Waals surface area (Å²) in [5.41, 5.74) is 3.52. The lowest BCUT2D eigenvalue weighted by molar-refractivity contribution is 0.268. The minimum atomic E-state index is 0.434. The molecule has 90 valence electrons. The lowest BCUT2D eigenvalue weighted by Crippen LogP contribution is -2.48. The highest BCUT2D eigenvalue weighted by atomic mass is 15.0. The van der Waals surface area contributed by atoms with Crippen LogP contribution in [0.25, 0.3) is 11.0 Å². The lowest BCUT2D eigenvalue weighted by Gasteiger charge is -2.34. The average molecular weight is 230 g/mol. The van der Waals surface area contributed by atoms with Gasteiger partial charge in [0.15, 0.2) is 0 Å². The molecule has 0 spiro atoms. The Hall–Kier alpha value is -1.39. The van der Waals surface area contributed by atoms with Gasteiger partial charge in [0.2, 0.25) is 0 Å². The first-order chi connectivity index (χ1) is 8.28. The summed E-state index contributed by atoms with van der Waals surface area (Å²) in [6.07, 6.45) is 0. The van der Waals surface area contributed by atoms with Crippen molar-refractivity contribution in [2.75, 3.05) is 20.1 Å². The first-order valence-electron chi connectivity index (χ1n) is 6.12. The highest BCUT2D eigenvalue weighted by Crippen LogP contribution is 2.26. The summed E-state index contributed by atoms with van der Waals surface area (Å²) >= 11 is 0. The molecular weight excluding hydrogens is 212 g/mol. The predicted octanol–water partition coefficient (Wildman–Crippen LogP) is 1.35. The van der Waals surface area contributed by atoms with Gasteiger partial charge in [-0.3, -0.25) is 0 Å². The SMILES string of the molecule is CNC(c1ccc2nc(C)[nH]c2c1)C1CNC1. The quantitative estimate of drug-likeness (QED) is 0.746. The Balaban J connectivity index is 1.97. The van der Waals surface area contributed by atoms with Gasteiger partial charge in [-0.25, -0.2) is 4.98 Å². The number of nitrogens with one attached hydrogen (secondary N) is 3. The molecule has 3 N–H and O–H groups in total. The van der Waals surface area contributed by atoms with Crippen molar-refractivity contribution in [2.45, 2.75) is 13.0 Å². The number of aromatic amines is 1. The molecule has 2 heterocycles. The molecular formula is C13H18N4. The molecule has 0 radical (unpaired) electrons. The van der Waals surface area contributed by atoms with Crippen LogP contribution >= 0.6 is 0 Å². The van der Waals surface area contributed by atoms with Crippen LogP contribution in [0, 0.1) is 12.8 Å². The largest absolute Gasteiger partial charge is 0.342 e. The fourth-order valence-corrected chi connectivity index (χ4v) is 2.57. The number of hydrogen-bond donors (Lipinski definition) is 3. The zero-order valence-corrected chi connectivity index (χ0v) is 10.2. The molecule has 0 amide bonds. The van der Waals surface area contributed by atoms with Gasteiger partial charge in [0.05, 0.1) is 11.0 Å². The minimum Gasteiger partial charge on any atom is -0.342 e. The first kappa shape index (κ1) is 10.7. The van der Waals surface area contributed by atoms with E-state index in [1.165, 1.54) is 5.56 Å². The van der Waals surface area contributed by atoms with E-state index < -0.39 is 0 Å². The molecule has 0 saturated carbocycles. The minimum absolute atomic E-state index is 0.434. The van der Waals surface area contributed by atoms with Crippen molar-refractivity contribution in [1.82, 2.24) is 20.6 Å². The Bertz CT molecular complexity index is 527. The van der Waals surface area contributed by atoms with Gasteiger partial charge in [-0.05, 0) is 31.7 Å². The van der Waals surface area contributed by atoms with Gasteiger partial charge in [0, 0.05) is 25.0 Å². The van der Waals surface area contributed by atoms with E-state index in [4.69, 9.17) is 0 Å². The van der Waals surface area contributed by atoms with E-state index in [2.05, 4.69) is 38.8 Å². The van der Waals surface area contributed by atoms with Crippen LogP contribution in [-0.4, -0.2) is 30.1 Å². The van der Waals surface area contributed by atoms with Crippen molar-refractivity contribution in [3.05, 3.63) is 29.6 Å². The summed E-state index contributed by atoms with van der Waals surface area (Å²) in [5.74, 6) is 1.67. The van der Waals surface area contributed by atoms with E-state index in [0.29, 0.717) is 12.0 Å². The molecule has 2 aromatic rings. The van der Waals surface area contributed by atoms with Crippen LogP contribution in [0.5, 0.6) is 0 Å². The van der Waals surface area contributed by atoms with Crippen molar-refractivity contribution in [1.29, 1.82) is 0 Å². The normalized spacial score (nSPS) is 18.2. The summed E-state index contributed by atoms with van der Waals surface area (Å²) in [7, 11) is 2.03. The van der Waals surface area contributed by atoms with Gasteiger partial charge in [0.25, 0.3) is 0 Å². The molecule has 17 heavy (non-hydrogen) atoms. The van der Waals surface area contributed by atoms with Crippen molar-refractivity contribution < 1.29 is 0 Å². The van der Waals surface area contributed by atoms with E-state index in [0.717, 1.165) is 29.9 Å². The smallest absolute Gasteiger partial charge is 0.104 e. The van der Waals surface area contributed by atoms with E-state index >= 15 is 0 Å². The third-order valence-corrected chi connectivity index (χ3v) is 3.58. The molecule has 1 aliphatic rings. The average Bonchev–Trinajstić information content (AvgIpc) is 2.61. The molecule has 0 bridgehead atoms. The molecule has 1 unspecified atom stereocenters. The number of imidazole rings is 1. The van der Waals surface area contributed by atoms with Gasteiger partial charge >= 0.3 is 0 Å². The molecule has 1 aliphatic heterocycles. The van der Waals surface area contributed by atoms with Crippen molar-refractivity contribution in [3.63, 3.8) is 0 Å². The second-order valence-electron chi connectivity index (χ2n) is 4.78. The van der Waals surface area contributed by atoms with Crippen LogP contribution < -0.4 is 10.6 Å². The fourth-order valence-electron chi connectivity index (χ4n) is 2.57. The van der Waals surface area contributed by atoms with E-state index in [-0.39, 0.29) is 0 Å². The monoisotopic (exact) mass is 230 g/mol. The molecule has 1 fully saturated rings. The first-order valence-corrected chi connectivity index (χ1v) is 6.12. The van der Waals surface area contributed by atoms with Gasteiger partial charge in [-0.1, -0.05) is 6.07 Å². The zero-order chi connectivity index (χ0) is 11.8. The topological polar surface area (TPSA) is 52.7 Å². The van der Waals surface area contributed by atoms with Crippen molar-refractivity contribution in [2.24, 2.45) is 5.92 Å². The number of rotatable bonds is 3. The van der Waals surface area contributed by atoms with Crippen molar-refractivity contribution in [3.8, 4) is 0 Å². The maximum Gasteiger partial charge on any atom is 0.104 e. The fraction of sp³-hybridized carbons (Fsp3) is 0.462. The molecule has 1 aromatic heterocycles. The Morgan fingerprint density at radius 1 is 1.41 bits per heavy atom. The Labute approximate surface area is 101 Å². The van der Waals surface area contributed by atoms with Gasteiger partial charge in [-0.15, -0.1) is 0 Å². The van der Waals surface area contributed by atoms with Crippen LogP contribution in [0.3, 0.4) is 0 Å². The number of aromatic nitrogens is 2. The van der Waals surface area contributed by atoms with Crippen LogP contribution in [0.2, 0.25) is 0 Å². The number of benzene rings is 1. The second kappa shape index (κ2) is 4.13. The maximum absolute atomic E-state index is 4.43. The van der Waals surface area contributed by atoms with Gasteiger partial charge in [0.1, 0.15) is 5.82 Å². The van der Waals surface area contributed by atoms with E-state index in [9.17, 15) is 0 Å².